The van der Waals surface area contributed by atoms with E-state index in [2.05, 4.69) is 25.6 Å². The zero-order valence-corrected chi connectivity index (χ0v) is 6.83. The highest BCUT2D eigenvalue weighted by Crippen LogP contribution is 2.17. The number of rotatable bonds is 3. The van der Waals surface area contributed by atoms with Gasteiger partial charge < -0.3 is 0 Å². The van der Waals surface area contributed by atoms with Crippen LogP contribution in [0.4, 0.5) is 0 Å². The molecule has 0 spiro atoms. The van der Waals surface area contributed by atoms with E-state index in [1.807, 2.05) is 18.2 Å². The maximum absolute atomic E-state index is 7.65. The van der Waals surface area contributed by atoms with Crippen LogP contribution in [-0.2, 0) is 0 Å². The zero-order valence-electron chi connectivity index (χ0n) is 7.83. The highest BCUT2D eigenvalue weighted by atomic mass is 14.0. The van der Waals surface area contributed by atoms with E-state index in [-0.39, 0.29) is 12.3 Å². The molecular formula is C11H14. The van der Waals surface area contributed by atoms with Crippen molar-refractivity contribution in [2.24, 2.45) is 0 Å². The standard InChI is InChI=1S/C11H14/c1-3-7-10(2)11-8-5-4-6-9-11/h3-6,8-10H,1,7H2,2H3/t10-/m0/s1/i7D/t7-,10-. The normalized spacial score (nSPS) is 16.6. The van der Waals surface area contributed by atoms with Crippen molar-refractivity contribution in [1.29, 1.82) is 0 Å². The lowest BCUT2D eigenvalue weighted by Crippen LogP contribution is -1.89. The fourth-order valence-electron chi connectivity index (χ4n) is 1.07. The van der Waals surface area contributed by atoms with Gasteiger partial charge in [0.2, 0.25) is 0 Å². The Balaban J connectivity index is 2.78. The highest BCUT2D eigenvalue weighted by molar-refractivity contribution is 5.19. The summed E-state index contributed by atoms with van der Waals surface area (Å²) < 4.78 is 7.65. The molecule has 0 aliphatic rings. The molecule has 0 fully saturated rings. The summed E-state index contributed by atoms with van der Waals surface area (Å²) in [5.41, 5.74) is 1.21. The Morgan fingerprint density at radius 1 is 1.55 bits per heavy atom. The minimum atomic E-state index is -0.201. The first kappa shape index (κ1) is 6.66. The van der Waals surface area contributed by atoms with E-state index in [9.17, 15) is 0 Å². The molecule has 0 aliphatic carbocycles. The summed E-state index contributed by atoms with van der Waals surface area (Å²) in [7, 11) is 0. The summed E-state index contributed by atoms with van der Waals surface area (Å²) in [6, 6.07) is 10.1. The van der Waals surface area contributed by atoms with Gasteiger partial charge in [-0.15, -0.1) is 6.58 Å². The second kappa shape index (κ2) is 3.97. The molecule has 58 valence electrons. The molecule has 0 radical (unpaired) electrons. The summed E-state index contributed by atoms with van der Waals surface area (Å²) in [6.45, 7) is 5.67. The Labute approximate surface area is 70.0 Å². The topological polar surface area (TPSA) is 0 Å². The van der Waals surface area contributed by atoms with Gasteiger partial charge in [-0.2, -0.15) is 0 Å². The van der Waals surface area contributed by atoms with Crippen LogP contribution >= 0.6 is 0 Å². The van der Waals surface area contributed by atoms with E-state index in [1.165, 1.54) is 5.56 Å². The van der Waals surface area contributed by atoms with E-state index in [0.717, 1.165) is 0 Å². The van der Waals surface area contributed by atoms with Gasteiger partial charge in [-0.1, -0.05) is 43.3 Å². The second-order valence-electron chi connectivity index (χ2n) is 2.63. The molecule has 1 rings (SSSR count). The summed E-state index contributed by atoms with van der Waals surface area (Å²) in [5, 5.41) is 0. The minimum Gasteiger partial charge on any atom is -0.103 e. The molecule has 11 heavy (non-hydrogen) atoms. The molecule has 0 unspecified atom stereocenters. The number of hydrogen-bond acceptors (Lipinski definition) is 0. The molecule has 0 N–H and O–H groups in total. The lowest BCUT2D eigenvalue weighted by atomic mass is 9.98. The third-order valence-corrected chi connectivity index (χ3v) is 1.75. The summed E-state index contributed by atoms with van der Waals surface area (Å²) >= 11 is 0. The first-order valence-corrected chi connectivity index (χ1v) is 3.85. The molecule has 0 amide bonds. The Bertz CT molecular complexity index is 240. The Hall–Kier alpha value is -1.04. The van der Waals surface area contributed by atoms with Crippen LogP contribution in [0, 0.1) is 0 Å². The molecule has 0 heteroatoms. The van der Waals surface area contributed by atoms with Crippen molar-refractivity contribution in [1.82, 2.24) is 0 Å². The van der Waals surface area contributed by atoms with E-state index in [4.69, 9.17) is 1.37 Å². The van der Waals surface area contributed by atoms with Gasteiger partial charge in [-0.3, -0.25) is 0 Å². The van der Waals surface area contributed by atoms with E-state index >= 15 is 0 Å². The van der Waals surface area contributed by atoms with Crippen molar-refractivity contribution in [3.8, 4) is 0 Å². The van der Waals surface area contributed by atoms with Crippen LogP contribution in [0.2, 0.25) is 0 Å². The third-order valence-electron chi connectivity index (χ3n) is 1.75. The fourth-order valence-corrected chi connectivity index (χ4v) is 1.07. The lowest BCUT2D eigenvalue weighted by Gasteiger charge is -2.07. The molecule has 0 heterocycles. The van der Waals surface area contributed by atoms with Crippen molar-refractivity contribution in [3.63, 3.8) is 0 Å². The minimum absolute atomic E-state index is 0.201. The van der Waals surface area contributed by atoms with Crippen molar-refractivity contribution < 1.29 is 1.37 Å². The van der Waals surface area contributed by atoms with Crippen LogP contribution in [0.1, 0.15) is 26.2 Å². The smallest absolute Gasteiger partial charge is 0.0316 e. The number of hydrogen-bond donors (Lipinski definition) is 0. The third kappa shape index (κ3) is 2.23. The average Bonchev–Trinajstić information content (AvgIpc) is 2.17. The van der Waals surface area contributed by atoms with Crippen molar-refractivity contribution in [2.75, 3.05) is 0 Å². The Morgan fingerprint density at radius 2 is 2.18 bits per heavy atom. The molecule has 0 aliphatic heterocycles. The van der Waals surface area contributed by atoms with Crippen LogP contribution in [0.5, 0.6) is 0 Å². The fraction of sp³-hybridized carbons (Fsp3) is 0.273. The van der Waals surface area contributed by atoms with Crippen LogP contribution in [0.15, 0.2) is 43.0 Å². The van der Waals surface area contributed by atoms with Crippen LogP contribution in [0.3, 0.4) is 0 Å². The quantitative estimate of drug-likeness (QED) is 0.575. The molecule has 1 aromatic rings. The van der Waals surface area contributed by atoms with E-state index in [1.54, 1.807) is 6.08 Å². The van der Waals surface area contributed by atoms with E-state index < -0.39 is 0 Å². The maximum atomic E-state index is 7.65. The van der Waals surface area contributed by atoms with Crippen LogP contribution < -0.4 is 0 Å². The first-order valence-electron chi connectivity index (χ1n) is 4.43. The van der Waals surface area contributed by atoms with Crippen LogP contribution in [-0.4, -0.2) is 0 Å². The number of benzene rings is 1. The van der Waals surface area contributed by atoms with Gasteiger partial charge in [0.15, 0.2) is 0 Å². The zero-order chi connectivity index (χ0) is 8.97. The lowest BCUT2D eigenvalue weighted by molar-refractivity contribution is 0.782. The van der Waals surface area contributed by atoms with Crippen molar-refractivity contribution in [2.45, 2.75) is 19.2 Å². The summed E-state index contributed by atoms with van der Waals surface area (Å²) in [5.74, 6) is 0.240. The molecule has 0 nitrogen and oxygen atoms in total. The first-order chi connectivity index (χ1) is 5.75. The van der Waals surface area contributed by atoms with Crippen molar-refractivity contribution in [3.05, 3.63) is 48.6 Å². The monoisotopic (exact) mass is 147 g/mol. The van der Waals surface area contributed by atoms with Crippen molar-refractivity contribution >= 4 is 0 Å². The Morgan fingerprint density at radius 3 is 2.73 bits per heavy atom. The van der Waals surface area contributed by atoms with Crippen LogP contribution in [0.25, 0.3) is 0 Å². The van der Waals surface area contributed by atoms with Gasteiger partial charge in [-0.25, -0.2) is 0 Å². The largest absolute Gasteiger partial charge is 0.103 e. The predicted octanol–water partition coefficient (Wildman–Crippen LogP) is 3.37. The molecule has 2 atom stereocenters. The predicted molar refractivity (Wildman–Crippen MR) is 49.7 cm³/mol. The molecule has 0 saturated heterocycles. The van der Waals surface area contributed by atoms with Gasteiger partial charge in [0, 0.05) is 1.37 Å². The van der Waals surface area contributed by atoms with Gasteiger partial charge in [-0.05, 0) is 17.9 Å². The molecular weight excluding hydrogens is 132 g/mol. The highest BCUT2D eigenvalue weighted by Gasteiger charge is 2.00. The Kier molecular flexibility index (Phi) is 2.40. The van der Waals surface area contributed by atoms with Gasteiger partial charge in [0.05, 0.1) is 0 Å². The molecule has 1 aromatic carbocycles. The molecule has 0 bridgehead atoms. The maximum Gasteiger partial charge on any atom is 0.0316 e. The molecule has 0 saturated carbocycles. The van der Waals surface area contributed by atoms with E-state index in [0.29, 0.717) is 0 Å². The average molecular weight is 147 g/mol. The molecule has 0 aromatic heterocycles. The summed E-state index contributed by atoms with van der Waals surface area (Å²) in [4.78, 5) is 0. The second-order valence-corrected chi connectivity index (χ2v) is 2.63. The number of allylic oxidation sites excluding steroid dienone is 1. The van der Waals surface area contributed by atoms with Gasteiger partial charge in [0.25, 0.3) is 0 Å². The van der Waals surface area contributed by atoms with Gasteiger partial charge >= 0.3 is 0 Å². The van der Waals surface area contributed by atoms with Gasteiger partial charge in [0.1, 0.15) is 0 Å². The summed E-state index contributed by atoms with van der Waals surface area (Å²) in [6.07, 6.45) is 1.48. The SMILES string of the molecule is [2H][C@@H](C=C)[C@H](C)c1ccccc1.